The molecule has 1 unspecified atom stereocenters. The Balaban J connectivity index is 3.85. The SMILES string of the molecule is CCCCCCCCCC(CCCCCCC)C(=O)ONNCCCCOCCCCCCC. The lowest BCUT2D eigenvalue weighted by molar-refractivity contribution is -0.159. The van der Waals surface area contributed by atoms with E-state index in [4.69, 9.17) is 9.57 Å². The zero-order valence-corrected chi connectivity index (χ0v) is 23.3. The highest BCUT2D eigenvalue weighted by molar-refractivity contribution is 5.72. The highest BCUT2D eigenvalue weighted by atomic mass is 16.7. The number of ether oxygens (including phenoxy) is 1. The lowest BCUT2D eigenvalue weighted by Crippen LogP contribution is -2.37. The standard InChI is InChI=1S/C29H60N2O3/c1-4-7-10-13-14-16-19-24-28(23-18-15-11-8-5-2)29(32)34-31-30-25-20-22-27-33-26-21-17-12-9-6-3/h28,30-31H,4-27H2,1-3H3. The molecule has 0 aromatic rings. The largest absolute Gasteiger partial charge is 0.381 e. The van der Waals surface area contributed by atoms with Gasteiger partial charge in [-0.3, -0.25) is 0 Å². The fourth-order valence-electron chi connectivity index (χ4n) is 4.27. The molecule has 1 atom stereocenters. The number of hydrogen-bond donors (Lipinski definition) is 2. The Labute approximate surface area is 212 Å². The van der Waals surface area contributed by atoms with Crippen LogP contribution in [0.3, 0.4) is 0 Å². The summed E-state index contributed by atoms with van der Waals surface area (Å²) >= 11 is 0. The molecule has 204 valence electrons. The molecule has 0 saturated carbocycles. The molecule has 0 aromatic heterocycles. The highest BCUT2D eigenvalue weighted by Gasteiger charge is 2.19. The molecule has 0 aromatic carbocycles. The highest BCUT2D eigenvalue weighted by Crippen LogP contribution is 2.20. The molecule has 0 aliphatic carbocycles. The third kappa shape index (κ3) is 24.5. The first kappa shape index (κ1) is 33.4. The Kier molecular flexibility index (Phi) is 28.0. The maximum Gasteiger partial charge on any atom is 0.329 e. The van der Waals surface area contributed by atoms with Gasteiger partial charge in [-0.2, -0.15) is 0 Å². The molecule has 0 radical (unpaired) electrons. The predicted octanol–water partition coefficient (Wildman–Crippen LogP) is 8.42. The molecule has 0 aliphatic heterocycles. The van der Waals surface area contributed by atoms with Crippen LogP contribution in [-0.2, 0) is 14.4 Å². The van der Waals surface area contributed by atoms with E-state index in [0.717, 1.165) is 58.3 Å². The molecule has 5 nitrogen and oxygen atoms in total. The van der Waals surface area contributed by atoms with Crippen molar-refractivity contribution in [1.29, 1.82) is 0 Å². The molecular weight excluding hydrogens is 424 g/mol. The third-order valence-electron chi connectivity index (χ3n) is 6.60. The van der Waals surface area contributed by atoms with Gasteiger partial charge in [-0.1, -0.05) is 129 Å². The molecule has 0 fully saturated rings. The minimum atomic E-state index is -0.0969. The van der Waals surface area contributed by atoms with Crippen molar-refractivity contribution in [1.82, 2.24) is 11.0 Å². The number of hydrogen-bond acceptors (Lipinski definition) is 5. The first-order chi connectivity index (χ1) is 16.8. The monoisotopic (exact) mass is 484 g/mol. The summed E-state index contributed by atoms with van der Waals surface area (Å²) in [5, 5.41) is 0. The van der Waals surface area contributed by atoms with Crippen molar-refractivity contribution in [3.63, 3.8) is 0 Å². The van der Waals surface area contributed by atoms with E-state index in [1.54, 1.807) is 0 Å². The van der Waals surface area contributed by atoms with Gasteiger partial charge in [0.1, 0.15) is 0 Å². The van der Waals surface area contributed by atoms with Crippen molar-refractivity contribution >= 4 is 5.97 Å². The summed E-state index contributed by atoms with van der Waals surface area (Å²) in [6.45, 7) is 9.20. The van der Waals surface area contributed by atoms with Gasteiger partial charge >= 0.3 is 5.97 Å². The van der Waals surface area contributed by atoms with Crippen LogP contribution in [0.2, 0.25) is 0 Å². The van der Waals surface area contributed by atoms with Gasteiger partial charge in [0.15, 0.2) is 0 Å². The summed E-state index contributed by atoms with van der Waals surface area (Å²) in [4.78, 5) is 18.0. The van der Waals surface area contributed by atoms with Gasteiger partial charge in [0.05, 0.1) is 5.92 Å². The molecule has 34 heavy (non-hydrogen) atoms. The van der Waals surface area contributed by atoms with E-state index in [9.17, 15) is 4.79 Å². The summed E-state index contributed by atoms with van der Waals surface area (Å²) in [5.41, 5.74) is 5.72. The number of hydrazine groups is 1. The molecule has 0 amide bonds. The van der Waals surface area contributed by atoms with Gasteiger partial charge in [0.2, 0.25) is 0 Å². The van der Waals surface area contributed by atoms with Crippen LogP contribution >= 0.6 is 0 Å². The molecule has 0 bridgehead atoms. The maximum atomic E-state index is 12.6. The second-order valence-electron chi connectivity index (χ2n) is 9.99. The van der Waals surface area contributed by atoms with Crippen LogP contribution in [-0.4, -0.2) is 25.7 Å². The minimum absolute atomic E-state index is 0.0253. The van der Waals surface area contributed by atoms with Crippen LogP contribution < -0.4 is 11.0 Å². The smallest absolute Gasteiger partial charge is 0.329 e. The van der Waals surface area contributed by atoms with E-state index < -0.39 is 0 Å². The number of carbonyl (C=O) groups is 1. The fraction of sp³-hybridized carbons (Fsp3) is 0.966. The Hall–Kier alpha value is -0.650. The van der Waals surface area contributed by atoms with Gasteiger partial charge in [0.25, 0.3) is 0 Å². The summed E-state index contributed by atoms with van der Waals surface area (Å²) in [6, 6.07) is 0. The van der Waals surface area contributed by atoms with Crippen LogP contribution in [0.1, 0.15) is 156 Å². The van der Waals surface area contributed by atoms with Crippen LogP contribution in [0.15, 0.2) is 0 Å². The van der Waals surface area contributed by atoms with Crippen molar-refractivity contribution in [2.75, 3.05) is 19.8 Å². The molecular formula is C29H60N2O3. The number of rotatable bonds is 28. The Morgan fingerprint density at radius 3 is 1.56 bits per heavy atom. The number of carbonyl (C=O) groups excluding carboxylic acids is 1. The maximum absolute atomic E-state index is 12.6. The molecule has 0 rings (SSSR count). The van der Waals surface area contributed by atoms with E-state index in [-0.39, 0.29) is 11.9 Å². The zero-order valence-electron chi connectivity index (χ0n) is 23.3. The van der Waals surface area contributed by atoms with Crippen molar-refractivity contribution in [2.24, 2.45) is 5.92 Å². The predicted molar refractivity (Wildman–Crippen MR) is 146 cm³/mol. The topological polar surface area (TPSA) is 59.6 Å². The number of nitrogens with one attached hydrogen (secondary N) is 2. The van der Waals surface area contributed by atoms with Gasteiger partial charge < -0.3 is 9.57 Å². The summed E-state index contributed by atoms with van der Waals surface area (Å²) in [7, 11) is 0. The quantitative estimate of drug-likeness (QED) is 0.0862. The normalized spacial score (nSPS) is 12.2. The molecule has 0 aliphatic rings. The van der Waals surface area contributed by atoms with Crippen molar-refractivity contribution in [2.45, 2.75) is 156 Å². The van der Waals surface area contributed by atoms with E-state index in [1.165, 1.54) is 96.3 Å². The number of unbranched alkanes of at least 4 members (excludes halogenated alkanes) is 15. The van der Waals surface area contributed by atoms with E-state index in [2.05, 4.69) is 31.8 Å². The van der Waals surface area contributed by atoms with Crippen LogP contribution in [0, 0.1) is 5.92 Å². The van der Waals surface area contributed by atoms with E-state index in [0.29, 0.717) is 0 Å². The Bertz CT molecular complexity index is 407. The zero-order chi connectivity index (χ0) is 25.0. The lowest BCUT2D eigenvalue weighted by Gasteiger charge is -2.16. The molecule has 2 N–H and O–H groups in total. The van der Waals surface area contributed by atoms with Crippen molar-refractivity contribution in [3.8, 4) is 0 Å². The lowest BCUT2D eigenvalue weighted by atomic mass is 9.94. The Morgan fingerprint density at radius 1 is 0.588 bits per heavy atom. The first-order valence-corrected chi connectivity index (χ1v) is 15.0. The van der Waals surface area contributed by atoms with E-state index in [1.807, 2.05) is 0 Å². The average molecular weight is 485 g/mol. The first-order valence-electron chi connectivity index (χ1n) is 15.0. The summed E-state index contributed by atoms with van der Waals surface area (Å²) in [6.07, 6.45) is 25.5. The minimum Gasteiger partial charge on any atom is -0.381 e. The molecule has 0 spiro atoms. The van der Waals surface area contributed by atoms with Gasteiger partial charge in [-0.05, 0) is 32.1 Å². The van der Waals surface area contributed by atoms with Gasteiger partial charge in [0, 0.05) is 19.8 Å². The van der Waals surface area contributed by atoms with Gasteiger partial charge in [-0.15, -0.1) is 0 Å². The fourth-order valence-corrected chi connectivity index (χ4v) is 4.27. The average Bonchev–Trinajstić information content (AvgIpc) is 2.84. The molecule has 0 heterocycles. The second kappa shape index (κ2) is 28.6. The second-order valence-corrected chi connectivity index (χ2v) is 9.99. The van der Waals surface area contributed by atoms with Crippen LogP contribution in [0.5, 0.6) is 0 Å². The van der Waals surface area contributed by atoms with E-state index >= 15 is 0 Å². The van der Waals surface area contributed by atoms with Gasteiger partial charge in [-0.25, -0.2) is 10.2 Å². The van der Waals surface area contributed by atoms with Crippen LogP contribution in [0.25, 0.3) is 0 Å². The molecule has 0 saturated heterocycles. The van der Waals surface area contributed by atoms with Crippen LogP contribution in [0.4, 0.5) is 0 Å². The van der Waals surface area contributed by atoms with Crippen molar-refractivity contribution < 1.29 is 14.4 Å². The molecule has 5 heteroatoms. The third-order valence-corrected chi connectivity index (χ3v) is 6.60. The summed E-state index contributed by atoms with van der Waals surface area (Å²) < 4.78 is 5.69. The summed E-state index contributed by atoms with van der Waals surface area (Å²) in [5.74, 6) is -0.0716. The Morgan fingerprint density at radius 2 is 1.03 bits per heavy atom. The van der Waals surface area contributed by atoms with Crippen molar-refractivity contribution in [3.05, 3.63) is 0 Å².